The third kappa shape index (κ3) is 5.66. The Bertz CT molecular complexity index is 1260. The van der Waals surface area contributed by atoms with E-state index in [1.54, 1.807) is 30.0 Å². The normalized spacial score (nSPS) is 15.8. The first-order valence-electron chi connectivity index (χ1n) is 10.8. The molecule has 2 aromatic carbocycles. The molecule has 2 aliphatic rings. The summed E-state index contributed by atoms with van der Waals surface area (Å²) < 4.78 is 0. The number of nitrogens with zero attached hydrogens (tertiary/aromatic N) is 1. The summed E-state index contributed by atoms with van der Waals surface area (Å²) in [5.74, 6) is -0.0566. The summed E-state index contributed by atoms with van der Waals surface area (Å²) in [6.45, 7) is 3.99. The molecule has 0 atom stereocenters. The number of carbonyl (C=O) groups excluding carboxylic acids is 2. The molecule has 0 spiro atoms. The van der Waals surface area contributed by atoms with E-state index in [4.69, 9.17) is 23.2 Å². The number of thioether (sulfide) groups is 1. The van der Waals surface area contributed by atoms with Crippen molar-refractivity contribution < 1.29 is 9.59 Å². The molecule has 1 amide bonds. The summed E-state index contributed by atoms with van der Waals surface area (Å²) >= 11 is 14.3. The molecule has 4 rings (SSSR count). The molecule has 0 saturated heterocycles. The van der Waals surface area contributed by atoms with Crippen LogP contribution in [-0.4, -0.2) is 11.7 Å². The van der Waals surface area contributed by atoms with E-state index in [1.165, 1.54) is 0 Å². The van der Waals surface area contributed by atoms with Crippen LogP contribution in [0, 0.1) is 0 Å². The highest BCUT2D eigenvalue weighted by Crippen LogP contribution is 2.37. The van der Waals surface area contributed by atoms with Crippen molar-refractivity contribution in [3.05, 3.63) is 105 Å². The summed E-state index contributed by atoms with van der Waals surface area (Å²) in [6.07, 6.45) is 9.89. The average molecular weight is 511 g/mol. The topological polar surface area (TPSA) is 49.4 Å². The maximum Gasteiger partial charge on any atom is 0.225 e. The van der Waals surface area contributed by atoms with Crippen molar-refractivity contribution in [2.24, 2.45) is 0 Å². The minimum absolute atomic E-state index is 0.0938. The van der Waals surface area contributed by atoms with Crippen LogP contribution in [0.1, 0.15) is 32.3 Å². The number of hydrogen-bond donors (Lipinski definition) is 1. The Morgan fingerprint density at radius 1 is 1.15 bits per heavy atom. The first kappa shape index (κ1) is 24.4. The fraction of sp³-hybridized carbons (Fsp3) is 0.185. The summed E-state index contributed by atoms with van der Waals surface area (Å²) in [6, 6.07) is 13.1. The maximum absolute atomic E-state index is 12.9. The summed E-state index contributed by atoms with van der Waals surface area (Å²) in [5.41, 5.74) is 2.84. The van der Waals surface area contributed by atoms with Crippen LogP contribution >= 0.6 is 35.0 Å². The van der Waals surface area contributed by atoms with Gasteiger partial charge in [-0.3, -0.25) is 9.59 Å². The van der Waals surface area contributed by atoms with Crippen molar-refractivity contribution in [1.29, 1.82) is 0 Å². The fourth-order valence-electron chi connectivity index (χ4n) is 3.91. The van der Waals surface area contributed by atoms with Gasteiger partial charge < -0.3 is 10.2 Å². The van der Waals surface area contributed by atoms with Gasteiger partial charge in [0, 0.05) is 40.9 Å². The molecule has 1 aliphatic carbocycles. The van der Waals surface area contributed by atoms with Gasteiger partial charge in [0.15, 0.2) is 5.78 Å². The second kappa shape index (κ2) is 10.3. The Kier molecular flexibility index (Phi) is 7.36. The molecule has 1 aliphatic heterocycles. The quantitative estimate of drug-likeness (QED) is 0.434. The molecular weight excluding hydrogens is 487 g/mol. The average Bonchev–Trinajstić information content (AvgIpc) is 2.80. The summed E-state index contributed by atoms with van der Waals surface area (Å²) in [5, 5.41) is 6.03. The lowest BCUT2D eigenvalue weighted by molar-refractivity contribution is -0.117. The number of carbonyl (C=O) groups is 2. The molecule has 0 unspecified atom stereocenters. The van der Waals surface area contributed by atoms with E-state index in [9.17, 15) is 9.59 Å². The van der Waals surface area contributed by atoms with Gasteiger partial charge in [-0.25, -0.2) is 0 Å². The molecule has 4 nitrogen and oxygen atoms in total. The Labute approximate surface area is 214 Å². The molecule has 0 bridgehead atoms. The summed E-state index contributed by atoms with van der Waals surface area (Å²) in [7, 11) is 0. The van der Waals surface area contributed by atoms with E-state index in [2.05, 4.69) is 5.32 Å². The van der Waals surface area contributed by atoms with Crippen molar-refractivity contribution in [3.63, 3.8) is 0 Å². The van der Waals surface area contributed by atoms with Crippen LogP contribution in [0.4, 0.5) is 11.4 Å². The van der Waals surface area contributed by atoms with Gasteiger partial charge >= 0.3 is 0 Å². The van der Waals surface area contributed by atoms with Crippen molar-refractivity contribution >= 4 is 58.0 Å². The van der Waals surface area contributed by atoms with E-state index >= 15 is 0 Å². The number of allylic oxidation sites excluding steroid dienone is 4. The van der Waals surface area contributed by atoms with Crippen LogP contribution in [0.3, 0.4) is 0 Å². The van der Waals surface area contributed by atoms with Crippen LogP contribution in [0.15, 0.2) is 89.0 Å². The van der Waals surface area contributed by atoms with Gasteiger partial charge in [0.2, 0.25) is 5.91 Å². The lowest BCUT2D eigenvalue weighted by Crippen LogP contribution is -2.26. The summed E-state index contributed by atoms with van der Waals surface area (Å²) in [4.78, 5) is 27.7. The van der Waals surface area contributed by atoms with Crippen LogP contribution in [0.2, 0.25) is 10.0 Å². The highest BCUT2D eigenvalue weighted by Gasteiger charge is 2.27. The molecule has 1 N–H and O–H groups in total. The number of anilines is 2. The number of benzene rings is 2. The molecule has 174 valence electrons. The first-order chi connectivity index (χ1) is 16.2. The molecule has 0 aromatic heterocycles. The molecule has 2 aromatic rings. The largest absolute Gasteiger partial charge is 0.325 e. The molecule has 7 heteroatoms. The van der Waals surface area contributed by atoms with Crippen molar-refractivity contribution in [3.8, 4) is 0 Å². The standard InChI is InChI=1S/C27H24Cl2N2O2S/c1-27(2,21-8-3-4-9-22(21)28)16-26(33)30-24-15-19(10-11-23(24)29)31-12-13-34-25(17-31)18-6-5-7-20(32)14-18/h3-13,15,17H,14,16H2,1-2H3,(H,30,33). The monoisotopic (exact) mass is 510 g/mol. The van der Waals surface area contributed by atoms with Gasteiger partial charge in [-0.2, -0.15) is 0 Å². The highest BCUT2D eigenvalue weighted by atomic mass is 35.5. The molecule has 0 fully saturated rings. The minimum atomic E-state index is -0.448. The van der Waals surface area contributed by atoms with E-state index < -0.39 is 5.41 Å². The number of halogens is 2. The SMILES string of the molecule is CC(C)(CC(=O)Nc1cc(N2C=CSC(C3=CC=CC(=O)C3)=C2)ccc1Cl)c1ccccc1Cl. The van der Waals surface area contributed by atoms with Gasteiger partial charge in [-0.15, -0.1) is 0 Å². The molecule has 0 saturated carbocycles. The highest BCUT2D eigenvalue weighted by molar-refractivity contribution is 8.06. The lowest BCUT2D eigenvalue weighted by atomic mass is 9.81. The fourth-order valence-corrected chi connectivity index (χ4v) is 5.27. The number of hydrogen-bond acceptors (Lipinski definition) is 4. The number of ketones is 1. The molecular formula is C27H24Cl2N2O2S. The van der Waals surface area contributed by atoms with Gasteiger partial charge in [0.1, 0.15) is 0 Å². The van der Waals surface area contributed by atoms with Gasteiger partial charge in [0.25, 0.3) is 0 Å². The minimum Gasteiger partial charge on any atom is -0.325 e. The zero-order valence-electron chi connectivity index (χ0n) is 18.8. The Balaban J connectivity index is 1.51. The predicted molar refractivity (Wildman–Crippen MR) is 143 cm³/mol. The van der Waals surface area contributed by atoms with Gasteiger partial charge in [-0.1, -0.05) is 79.2 Å². The Morgan fingerprint density at radius 2 is 1.94 bits per heavy atom. The van der Waals surface area contributed by atoms with E-state index in [0.717, 1.165) is 21.7 Å². The van der Waals surface area contributed by atoms with Crippen molar-refractivity contribution in [2.75, 3.05) is 10.2 Å². The first-order valence-corrected chi connectivity index (χ1v) is 12.4. The van der Waals surface area contributed by atoms with E-state index in [0.29, 0.717) is 22.2 Å². The maximum atomic E-state index is 12.9. The third-order valence-corrected chi connectivity index (χ3v) is 7.20. The smallest absolute Gasteiger partial charge is 0.225 e. The van der Waals surface area contributed by atoms with Crippen LogP contribution in [-0.2, 0) is 15.0 Å². The molecule has 34 heavy (non-hydrogen) atoms. The van der Waals surface area contributed by atoms with Crippen molar-refractivity contribution in [1.82, 2.24) is 0 Å². The number of amides is 1. The van der Waals surface area contributed by atoms with Crippen molar-refractivity contribution in [2.45, 2.75) is 32.1 Å². The van der Waals surface area contributed by atoms with E-state index in [-0.39, 0.29) is 18.1 Å². The zero-order valence-corrected chi connectivity index (χ0v) is 21.2. The molecule has 1 heterocycles. The van der Waals surface area contributed by atoms with Crippen LogP contribution in [0.5, 0.6) is 0 Å². The van der Waals surface area contributed by atoms with Crippen LogP contribution in [0.25, 0.3) is 0 Å². The van der Waals surface area contributed by atoms with Gasteiger partial charge in [-0.05, 0) is 52.3 Å². The second-order valence-corrected chi connectivity index (χ2v) is 10.5. The second-order valence-electron chi connectivity index (χ2n) is 8.75. The number of nitrogens with one attached hydrogen (secondary N) is 1. The Morgan fingerprint density at radius 3 is 2.71 bits per heavy atom. The van der Waals surface area contributed by atoms with Gasteiger partial charge in [0.05, 0.1) is 10.7 Å². The number of rotatable bonds is 6. The van der Waals surface area contributed by atoms with Crippen LogP contribution < -0.4 is 10.2 Å². The zero-order chi connectivity index (χ0) is 24.3. The third-order valence-electron chi connectivity index (χ3n) is 5.66. The lowest BCUT2D eigenvalue weighted by Gasteiger charge is -2.26. The molecule has 0 radical (unpaired) electrons. The predicted octanol–water partition coefficient (Wildman–Crippen LogP) is 7.62. The Hall–Kier alpha value is -2.73. The van der Waals surface area contributed by atoms with E-state index in [1.807, 2.05) is 79.0 Å².